The molecule has 0 aromatic carbocycles. The molecule has 0 radical (unpaired) electrons. The van der Waals surface area contributed by atoms with Gasteiger partial charge in [-0.05, 0) is 15.9 Å². The second-order valence-electron chi connectivity index (χ2n) is 2.51. The Balaban J connectivity index is 2.49. The average molecular weight is 253 g/mol. The largest absolute Gasteiger partial charge is 0.298 e. The first-order valence-electron chi connectivity index (χ1n) is 3.78. The van der Waals surface area contributed by atoms with E-state index in [4.69, 9.17) is 0 Å². The quantitative estimate of drug-likeness (QED) is 0.755. The van der Waals surface area contributed by atoms with Crippen LogP contribution in [0.4, 0.5) is 0 Å². The third-order valence-electron chi connectivity index (χ3n) is 1.59. The predicted molar refractivity (Wildman–Crippen MR) is 52.2 cm³/mol. The molecule has 70 valence electrons. The molecule has 2 rings (SSSR count). The number of carbonyl (C=O) groups excluding carboxylic acids is 1. The van der Waals surface area contributed by atoms with Gasteiger partial charge in [-0.25, -0.2) is 14.6 Å². The molecule has 0 aliphatic rings. The van der Waals surface area contributed by atoms with Crippen molar-refractivity contribution in [3.05, 3.63) is 35.0 Å². The van der Waals surface area contributed by atoms with Gasteiger partial charge in [-0.2, -0.15) is 5.10 Å². The predicted octanol–water partition coefficient (Wildman–Crippen LogP) is 1.24. The Morgan fingerprint density at radius 2 is 2.14 bits per heavy atom. The molecular weight excluding hydrogens is 248 g/mol. The molecule has 0 atom stereocenters. The summed E-state index contributed by atoms with van der Waals surface area (Å²) in [5.74, 6) is 0.556. The second kappa shape index (κ2) is 3.67. The van der Waals surface area contributed by atoms with Gasteiger partial charge in [0.15, 0.2) is 16.7 Å². The lowest BCUT2D eigenvalue weighted by Gasteiger charge is -1.99. The van der Waals surface area contributed by atoms with Crippen LogP contribution in [-0.2, 0) is 0 Å². The molecular formula is C8H5BrN4O. The van der Waals surface area contributed by atoms with E-state index in [1.54, 1.807) is 18.6 Å². The Labute approximate surface area is 87.9 Å². The van der Waals surface area contributed by atoms with Gasteiger partial charge in [0.25, 0.3) is 0 Å². The Bertz CT molecular complexity index is 468. The van der Waals surface area contributed by atoms with Gasteiger partial charge in [0.2, 0.25) is 0 Å². The molecule has 0 saturated heterocycles. The molecule has 5 nitrogen and oxygen atoms in total. The first-order chi connectivity index (χ1) is 6.81. The van der Waals surface area contributed by atoms with Gasteiger partial charge in [-0.15, -0.1) is 0 Å². The van der Waals surface area contributed by atoms with E-state index in [1.807, 2.05) is 0 Å². The van der Waals surface area contributed by atoms with Crippen molar-refractivity contribution in [2.75, 3.05) is 0 Å². The second-order valence-corrected chi connectivity index (χ2v) is 3.26. The molecule has 14 heavy (non-hydrogen) atoms. The van der Waals surface area contributed by atoms with Crippen LogP contribution in [0.5, 0.6) is 0 Å². The van der Waals surface area contributed by atoms with E-state index < -0.39 is 0 Å². The summed E-state index contributed by atoms with van der Waals surface area (Å²) in [4.78, 5) is 18.5. The van der Waals surface area contributed by atoms with E-state index in [9.17, 15) is 4.79 Å². The lowest BCUT2D eigenvalue weighted by molar-refractivity contribution is 0.112. The van der Waals surface area contributed by atoms with Gasteiger partial charge in [-0.1, -0.05) is 0 Å². The van der Waals surface area contributed by atoms with Crippen LogP contribution in [0, 0.1) is 0 Å². The summed E-state index contributed by atoms with van der Waals surface area (Å²) in [7, 11) is 0. The number of rotatable bonds is 2. The van der Waals surface area contributed by atoms with Gasteiger partial charge in [0.1, 0.15) is 0 Å². The average Bonchev–Trinajstić information content (AvgIpc) is 2.67. The highest BCUT2D eigenvalue weighted by Gasteiger charge is 2.05. The van der Waals surface area contributed by atoms with Crippen LogP contribution in [0.2, 0.25) is 0 Å². The summed E-state index contributed by atoms with van der Waals surface area (Å²) in [6, 6.07) is 0. The van der Waals surface area contributed by atoms with Crippen LogP contribution in [0.25, 0.3) is 5.82 Å². The van der Waals surface area contributed by atoms with Crippen LogP contribution in [0.15, 0.2) is 29.4 Å². The molecule has 0 bridgehead atoms. The fraction of sp³-hybridized carbons (Fsp3) is 0. The van der Waals surface area contributed by atoms with Crippen LogP contribution in [0.1, 0.15) is 10.4 Å². The van der Waals surface area contributed by atoms with E-state index in [-0.39, 0.29) is 0 Å². The SMILES string of the molecule is O=Cc1cnn(-c2nccnc2Br)c1. The van der Waals surface area contributed by atoms with Crippen molar-refractivity contribution in [3.63, 3.8) is 0 Å². The van der Waals surface area contributed by atoms with Crippen LogP contribution >= 0.6 is 15.9 Å². The van der Waals surface area contributed by atoms with Crippen molar-refractivity contribution in [1.29, 1.82) is 0 Å². The van der Waals surface area contributed by atoms with Crippen molar-refractivity contribution >= 4 is 22.2 Å². The summed E-state index contributed by atoms with van der Waals surface area (Å²) in [5.41, 5.74) is 0.502. The fourth-order valence-corrected chi connectivity index (χ4v) is 1.38. The highest BCUT2D eigenvalue weighted by atomic mass is 79.9. The third-order valence-corrected chi connectivity index (χ3v) is 2.15. The van der Waals surface area contributed by atoms with Crippen LogP contribution in [-0.4, -0.2) is 26.0 Å². The number of halogens is 1. The van der Waals surface area contributed by atoms with Gasteiger partial charge < -0.3 is 0 Å². The topological polar surface area (TPSA) is 60.7 Å². The standard InChI is InChI=1S/C8H5BrN4O/c9-7-8(11-2-1-10-7)13-4-6(5-14)3-12-13/h1-5H. The molecule has 0 aliphatic heterocycles. The minimum absolute atomic E-state index is 0.502. The van der Waals surface area contributed by atoms with E-state index in [2.05, 4.69) is 31.0 Å². The molecule has 0 N–H and O–H groups in total. The molecule has 2 aromatic rings. The number of carbonyl (C=O) groups is 1. The fourth-order valence-electron chi connectivity index (χ4n) is 0.981. The summed E-state index contributed by atoms with van der Waals surface area (Å²) in [6.45, 7) is 0. The van der Waals surface area contributed by atoms with Crippen molar-refractivity contribution in [2.45, 2.75) is 0 Å². The van der Waals surface area contributed by atoms with E-state index >= 15 is 0 Å². The lowest BCUT2D eigenvalue weighted by atomic mass is 10.4. The van der Waals surface area contributed by atoms with E-state index in [0.29, 0.717) is 16.0 Å². The zero-order chi connectivity index (χ0) is 9.97. The molecule has 0 amide bonds. The number of hydrogen-bond donors (Lipinski definition) is 0. The Kier molecular flexibility index (Phi) is 2.36. The zero-order valence-corrected chi connectivity index (χ0v) is 8.55. The molecule has 2 heterocycles. The maximum absolute atomic E-state index is 10.4. The van der Waals surface area contributed by atoms with E-state index in [0.717, 1.165) is 6.29 Å². The van der Waals surface area contributed by atoms with E-state index in [1.165, 1.54) is 10.9 Å². The number of aldehydes is 1. The first kappa shape index (κ1) is 9.01. The number of aromatic nitrogens is 4. The number of hydrogen-bond acceptors (Lipinski definition) is 4. The van der Waals surface area contributed by atoms with Crippen LogP contribution in [0.3, 0.4) is 0 Å². The van der Waals surface area contributed by atoms with Gasteiger partial charge in [0.05, 0.1) is 11.8 Å². The Hall–Kier alpha value is -1.56. The summed E-state index contributed by atoms with van der Waals surface area (Å²) >= 11 is 3.24. The molecule has 2 aromatic heterocycles. The van der Waals surface area contributed by atoms with Crippen molar-refractivity contribution < 1.29 is 4.79 Å². The third kappa shape index (κ3) is 1.56. The number of nitrogens with zero attached hydrogens (tertiary/aromatic N) is 4. The van der Waals surface area contributed by atoms with Crippen LogP contribution < -0.4 is 0 Å². The monoisotopic (exact) mass is 252 g/mol. The molecule has 0 saturated carbocycles. The maximum Gasteiger partial charge on any atom is 0.186 e. The normalized spacial score (nSPS) is 10.1. The Morgan fingerprint density at radius 3 is 2.79 bits per heavy atom. The highest BCUT2D eigenvalue weighted by molar-refractivity contribution is 9.10. The van der Waals surface area contributed by atoms with Crippen molar-refractivity contribution in [1.82, 2.24) is 19.7 Å². The van der Waals surface area contributed by atoms with Gasteiger partial charge in [-0.3, -0.25) is 4.79 Å². The summed E-state index contributed by atoms with van der Waals surface area (Å²) < 4.78 is 2.07. The minimum Gasteiger partial charge on any atom is -0.298 e. The molecule has 0 fully saturated rings. The zero-order valence-electron chi connectivity index (χ0n) is 6.96. The smallest absolute Gasteiger partial charge is 0.186 e. The lowest BCUT2D eigenvalue weighted by Crippen LogP contribution is -1.99. The molecule has 0 spiro atoms. The first-order valence-corrected chi connectivity index (χ1v) is 4.57. The summed E-state index contributed by atoms with van der Waals surface area (Å²) in [6.07, 6.45) is 6.91. The van der Waals surface area contributed by atoms with Gasteiger partial charge in [0, 0.05) is 18.6 Å². The Morgan fingerprint density at radius 1 is 1.36 bits per heavy atom. The molecule has 0 aliphatic carbocycles. The minimum atomic E-state index is 0.502. The van der Waals surface area contributed by atoms with Crippen molar-refractivity contribution in [2.24, 2.45) is 0 Å². The van der Waals surface area contributed by atoms with Gasteiger partial charge >= 0.3 is 0 Å². The molecule has 0 unspecified atom stereocenters. The molecule has 6 heteroatoms. The summed E-state index contributed by atoms with van der Waals surface area (Å²) in [5, 5.41) is 3.97. The highest BCUT2D eigenvalue weighted by Crippen LogP contribution is 2.13. The van der Waals surface area contributed by atoms with Crippen molar-refractivity contribution in [3.8, 4) is 5.82 Å². The maximum atomic E-state index is 10.4.